The van der Waals surface area contributed by atoms with E-state index < -0.39 is 5.60 Å². The number of aryl methyl sites for hydroxylation is 1. The lowest BCUT2D eigenvalue weighted by atomic mass is 9.96. The van der Waals surface area contributed by atoms with Crippen LogP contribution in [0.5, 0.6) is 0 Å². The number of aromatic nitrogens is 1. The SMILES string of the molecule is C[C@@](O)(CNC(=O)c1noc2c1CCCC2)c1cc2ccccc2s1. The second-order valence-corrected chi connectivity index (χ2v) is 7.83. The van der Waals surface area contributed by atoms with Crippen LogP contribution in [0.4, 0.5) is 0 Å². The fraction of sp³-hybridized carbons (Fsp3) is 0.368. The number of carbonyl (C=O) groups excluding carboxylic acids is 1. The highest BCUT2D eigenvalue weighted by Gasteiger charge is 2.29. The van der Waals surface area contributed by atoms with Crippen LogP contribution in [0.1, 0.15) is 46.5 Å². The van der Waals surface area contributed by atoms with Crippen LogP contribution in [-0.2, 0) is 18.4 Å². The van der Waals surface area contributed by atoms with Gasteiger partial charge in [-0.3, -0.25) is 4.79 Å². The summed E-state index contributed by atoms with van der Waals surface area (Å²) in [7, 11) is 0. The normalized spacial score (nSPS) is 16.4. The Bertz CT molecular complexity index is 893. The molecular formula is C19H20N2O3S. The van der Waals surface area contributed by atoms with Crippen molar-refractivity contribution in [1.82, 2.24) is 10.5 Å². The van der Waals surface area contributed by atoms with Crippen molar-refractivity contribution < 1.29 is 14.4 Å². The molecule has 0 spiro atoms. The molecule has 25 heavy (non-hydrogen) atoms. The highest BCUT2D eigenvalue weighted by molar-refractivity contribution is 7.19. The summed E-state index contributed by atoms with van der Waals surface area (Å²) in [6.45, 7) is 1.84. The van der Waals surface area contributed by atoms with E-state index in [4.69, 9.17) is 4.52 Å². The minimum Gasteiger partial charge on any atom is -0.383 e. The summed E-state index contributed by atoms with van der Waals surface area (Å²) in [6, 6.07) is 9.98. The van der Waals surface area contributed by atoms with Gasteiger partial charge in [-0.2, -0.15) is 0 Å². The Morgan fingerprint density at radius 1 is 1.36 bits per heavy atom. The Balaban J connectivity index is 1.49. The molecule has 2 aromatic heterocycles. The zero-order valence-corrected chi connectivity index (χ0v) is 14.9. The zero-order chi connectivity index (χ0) is 17.4. The van der Waals surface area contributed by atoms with Gasteiger partial charge < -0.3 is 14.9 Å². The van der Waals surface area contributed by atoms with E-state index in [-0.39, 0.29) is 12.5 Å². The van der Waals surface area contributed by atoms with Gasteiger partial charge in [-0.05, 0) is 43.7 Å². The van der Waals surface area contributed by atoms with Crippen molar-refractivity contribution in [2.24, 2.45) is 0 Å². The van der Waals surface area contributed by atoms with Gasteiger partial charge in [-0.25, -0.2) is 0 Å². The number of amides is 1. The van der Waals surface area contributed by atoms with Crippen molar-refractivity contribution >= 4 is 27.3 Å². The lowest BCUT2D eigenvalue weighted by molar-refractivity contribution is 0.0554. The smallest absolute Gasteiger partial charge is 0.273 e. The van der Waals surface area contributed by atoms with Gasteiger partial charge in [-0.15, -0.1) is 11.3 Å². The number of nitrogens with one attached hydrogen (secondary N) is 1. The van der Waals surface area contributed by atoms with Gasteiger partial charge in [0.25, 0.3) is 5.91 Å². The van der Waals surface area contributed by atoms with Crippen molar-refractivity contribution in [2.75, 3.05) is 6.54 Å². The molecule has 5 nitrogen and oxygen atoms in total. The first-order valence-corrected chi connectivity index (χ1v) is 9.33. The van der Waals surface area contributed by atoms with Gasteiger partial charge in [0.1, 0.15) is 11.4 Å². The zero-order valence-electron chi connectivity index (χ0n) is 14.0. The summed E-state index contributed by atoms with van der Waals surface area (Å²) in [4.78, 5) is 13.3. The number of aliphatic hydroxyl groups is 1. The van der Waals surface area contributed by atoms with E-state index in [2.05, 4.69) is 10.5 Å². The molecule has 0 aliphatic heterocycles. The predicted molar refractivity (Wildman–Crippen MR) is 96.9 cm³/mol. The van der Waals surface area contributed by atoms with Crippen molar-refractivity contribution in [3.05, 3.63) is 52.2 Å². The topological polar surface area (TPSA) is 75.4 Å². The fourth-order valence-corrected chi connectivity index (χ4v) is 4.34. The van der Waals surface area contributed by atoms with Crippen molar-refractivity contribution in [3.63, 3.8) is 0 Å². The van der Waals surface area contributed by atoms with E-state index in [0.29, 0.717) is 5.69 Å². The number of hydrogen-bond donors (Lipinski definition) is 2. The molecule has 1 aliphatic carbocycles. The number of benzene rings is 1. The number of rotatable bonds is 4. The maximum absolute atomic E-state index is 12.5. The third-order valence-electron chi connectivity index (χ3n) is 4.71. The standard InChI is InChI=1S/C19H20N2O3S/c1-19(23,16-10-12-6-2-5-9-15(12)25-16)11-20-18(22)17-13-7-3-4-8-14(13)24-21-17/h2,5-6,9-10,23H,3-4,7-8,11H2,1H3,(H,20,22)/t19-/m1/s1. The Morgan fingerprint density at radius 2 is 2.16 bits per heavy atom. The number of nitrogens with zero attached hydrogens (tertiary/aromatic N) is 1. The minimum absolute atomic E-state index is 0.125. The number of fused-ring (bicyclic) bond motifs is 2. The average Bonchev–Trinajstić information content (AvgIpc) is 3.24. The summed E-state index contributed by atoms with van der Waals surface area (Å²) in [6.07, 6.45) is 3.79. The van der Waals surface area contributed by atoms with Gasteiger partial charge in [0, 0.05) is 21.6 Å². The maximum Gasteiger partial charge on any atom is 0.273 e. The Hall–Kier alpha value is -2.18. The maximum atomic E-state index is 12.5. The summed E-state index contributed by atoms with van der Waals surface area (Å²) in [5.74, 6) is 0.543. The second-order valence-electron chi connectivity index (χ2n) is 6.75. The van der Waals surface area contributed by atoms with Crippen LogP contribution in [-0.4, -0.2) is 22.7 Å². The lowest BCUT2D eigenvalue weighted by Crippen LogP contribution is -2.38. The molecule has 1 amide bonds. The molecule has 0 radical (unpaired) electrons. The third kappa shape index (κ3) is 3.07. The molecule has 0 fully saturated rings. The Morgan fingerprint density at radius 3 is 3.00 bits per heavy atom. The van der Waals surface area contributed by atoms with Crippen LogP contribution < -0.4 is 5.32 Å². The second kappa shape index (κ2) is 6.28. The van der Waals surface area contributed by atoms with E-state index in [1.54, 1.807) is 18.3 Å². The molecule has 2 heterocycles. The third-order valence-corrected chi connectivity index (χ3v) is 6.08. The van der Waals surface area contributed by atoms with Crippen molar-refractivity contribution in [3.8, 4) is 0 Å². The molecule has 0 bridgehead atoms. The van der Waals surface area contributed by atoms with Gasteiger partial charge in [0.15, 0.2) is 5.69 Å². The minimum atomic E-state index is -1.14. The Labute approximate surface area is 149 Å². The molecule has 1 atom stereocenters. The van der Waals surface area contributed by atoms with E-state index >= 15 is 0 Å². The van der Waals surface area contributed by atoms with Gasteiger partial charge in [-0.1, -0.05) is 23.4 Å². The quantitative estimate of drug-likeness (QED) is 0.751. The predicted octanol–water partition coefficient (Wildman–Crippen LogP) is 3.41. The molecule has 3 aromatic rings. The summed E-state index contributed by atoms with van der Waals surface area (Å²) in [5, 5.41) is 18.7. The molecule has 0 unspecified atom stereocenters. The molecule has 1 aromatic carbocycles. The van der Waals surface area contributed by atoms with Crippen LogP contribution in [0.25, 0.3) is 10.1 Å². The molecule has 6 heteroatoms. The lowest BCUT2D eigenvalue weighted by Gasteiger charge is -2.22. The van der Waals surface area contributed by atoms with Crippen LogP contribution in [0.15, 0.2) is 34.9 Å². The van der Waals surface area contributed by atoms with Gasteiger partial charge in [0.05, 0.1) is 6.54 Å². The molecule has 1 aliphatic rings. The first-order chi connectivity index (χ1) is 12.0. The van der Waals surface area contributed by atoms with E-state index in [9.17, 15) is 9.90 Å². The van der Waals surface area contributed by atoms with Crippen molar-refractivity contribution in [2.45, 2.75) is 38.2 Å². The summed E-state index contributed by atoms with van der Waals surface area (Å²) in [5.41, 5.74) is 0.149. The highest BCUT2D eigenvalue weighted by atomic mass is 32.1. The monoisotopic (exact) mass is 356 g/mol. The Kier molecular flexibility index (Phi) is 4.09. The number of carbonyl (C=O) groups is 1. The molecule has 130 valence electrons. The summed E-state index contributed by atoms with van der Waals surface area (Å²) < 4.78 is 6.41. The van der Waals surface area contributed by atoms with Gasteiger partial charge in [0.2, 0.25) is 0 Å². The number of thiophene rings is 1. The van der Waals surface area contributed by atoms with Crippen molar-refractivity contribution in [1.29, 1.82) is 0 Å². The molecular weight excluding hydrogens is 336 g/mol. The molecule has 0 saturated heterocycles. The first kappa shape index (κ1) is 16.3. The molecule has 2 N–H and O–H groups in total. The molecule has 4 rings (SSSR count). The largest absolute Gasteiger partial charge is 0.383 e. The highest BCUT2D eigenvalue weighted by Crippen LogP contribution is 2.33. The van der Waals surface area contributed by atoms with Crippen LogP contribution in [0.3, 0.4) is 0 Å². The van der Waals surface area contributed by atoms with E-state index in [0.717, 1.165) is 52.0 Å². The van der Waals surface area contributed by atoms with E-state index in [1.165, 1.54) is 0 Å². The van der Waals surface area contributed by atoms with Crippen LogP contribution in [0.2, 0.25) is 0 Å². The van der Waals surface area contributed by atoms with E-state index in [1.807, 2.05) is 30.3 Å². The number of hydrogen-bond acceptors (Lipinski definition) is 5. The first-order valence-electron chi connectivity index (χ1n) is 8.52. The van der Waals surface area contributed by atoms with Crippen LogP contribution >= 0.6 is 11.3 Å². The fourth-order valence-electron chi connectivity index (χ4n) is 3.23. The van der Waals surface area contributed by atoms with Crippen LogP contribution in [0, 0.1) is 0 Å². The average molecular weight is 356 g/mol. The molecule has 0 saturated carbocycles. The summed E-state index contributed by atoms with van der Waals surface area (Å²) >= 11 is 1.54. The van der Waals surface area contributed by atoms with Gasteiger partial charge >= 0.3 is 0 Å².